The molecule has 0 saturated carbocycles. The smallest absolute Gasteiger partial charge is 0.181 e. The van der Waals surface area contributed by atoms with Gasteiger partial charge in [0.2, 0.25) is 0 Å². The van der Waals surface area contributed by atoms with Gasteiger partial charge in [-0.25, -0.2) is 0 Å². The quantitative estimate of drug-likeness (QED) is 0.835. The number of hydrogen-bond donors (Lipinski definition) is 1. The van der Waals surface area contributed by atoms with Crippen LogP contribution in [-0.4, -0.2) is 47.4 Å². The van der Waals surface area contributed by atoms with Gasteiger partial charge >= 0.3 is 0 Å². The van der Waals surface area contributed by atoms with Crippen molar-refractivity contribution < 1.29 is 4.79 Å². The van der Waals surface area contributed by atoms with Crippen LogP contribution in [0.15, 0.2) is 24.5 Å². The normalized spacial score (nSPS) is 25.6. The van der Waals surface area contributed by atoms with Crippen LogP contribution in [0.4, 0.5) is 0 Å². The molecule has 1 aromatic rings. The molecule has 2 saturated heterocycles. The van der Waals surface area contributed by atoms with Crippen molar-refractivity contribution in [2.24, 2.45) is 0 Å². The molecule has 1 N–H and O–H groups in total. The second kappa shape index (κ2) is 5.80. The van der Waals surface area contributed by atoms with Crippen LogP contribution in [0.1, 0.15) is 36.0 Å². The molecule has 3 rings (SSSR count). The SMILES string of the molecule is O=C(c1cccnc1)C1CCCN1C1CCNCC1. The first kappa shape index (κ1) is 12.8. The molecular formula is C15H21N3O. The molecule has 0 bridgehead atoms. The highest BCUT2D eigenvalue weighted by Gasteiger charge is 2.35. The minimum absolute atomic E-state index is 0.0762. The number of pyridine rings is 1. The Morgan fingerprint density at radius 2 is 2.16 bits per heavy atom. The topological polar surface area (TPSA) is 45.2 Å². The Hall–Kier alpha value is -1.26. The lowest BCUT2D eigenvalue weighted by Gasteiger charge is -2.35. The molecule has 19 heavy (non-hydrogen) atoms. The zero-order valence-corrected chi connectivity index (χ0v) is 11.2. The van der Waals surface area contributed by atoms with Gasteiger partial charge in [0.05, 0.1) is 6.04 Å². The highest BCUT2D eigenvalue weighted by atomic mass is 16.1. The number of Topliss-reactive ketones (excluding diaryl/α,β-unsaturated/α-hetero) is 1. The third kappa shape index (κ3) is 2.69. The second-order valence-corrected chi connectivity index (χ2v) is 5.48. The number of carbonyl (C=O) groups excluding carboxylic acids is 1. The lowest BCUT2D eigenvalue weighted by atomic mass is 9.99. The number of rotatable bonds is 3. The third-order valence-electron chi connectivity index (χ3n) is 4.32. The van der Waals surface area contributed by atoms with Crippen LogP contribution in [-0.2, 0) is 0 Å². The van der Waals surface area contributed by atoms with Gasteiger partial charge in [0, 0.05) is 24.0 Å². The van der Waals surface area contributed by atoms with Gasteiger partial charge in [-0.15, -0.1) is 0 Å². The van der Waals surface area contributed by atoms with Crippen molar-refractivity contribution in [2.75, 3.05) is 19.6 Å². The van der Waals surface area contributed by atoms with Gasteiger partial charge in [0.25, 0.3) is 0 Å². The first-order chi connectivity index (χ1) is 9.36. The van der Waals surface area contributed by atoms with Gasteiger partial charge in [-0.2, -0.15) is 0 Å². The largest absolute Gasteiger partial charge is 0.317 e. The first-order valence-corrected chi connectivity index (χ1v) is 7.27. The molecule has 1 atom stereocenters. The van der Waals surface area contributed by atoms with E-state index in [9.17, 15) is 4.79 Å². The van der Waals surface area contributed by atoms with E-state index in [0.717, 1.165) is 50.9 Å². The van der Waals surface area contributed by atoms with Gasteiger partial charge in [-0.05, 0) is 57.5 Å². The predicted octanol–water partition coefficient (Wildman–Crippen LogP) is 1.48. The first-order valence-electron chi connectivity index (χ1n) is 7.27. The Morgan fingerprint density at radius 1 is 1.32 bits per heavy atom. The minimum atomic E-state index is 0.0762. The van der Waals surface area contributed by atoms with Crippen LogP contribution < -0.4 is 5.32 Å². The Labute approximate surface area is 114 Å². The van der Waals surface area contributed by atoms with E-state index in [0.29, 0.717) is 6.04 Å². The summed E-state index contributed by atoms with van der Waals surface area (Å²) in [6.45, 7) is 3.23. The van der Waals surface area contributed by atoms with Crippen LogP contribution in [0.5, 0.6) is 0 Å². The summed E-state index contributed by atoms with van der Waals surface area (Å²) < 4.78 is 0. The Morgan fingerprint density at radius 3 is 2.89 bits per heavy atom. The molecular weight excluding hydrogens is 238 g/mol. The van der Waals surface area contributed by atoms with Crippen molar-refractivity contribution in [3.8, 4) is 0 Å². The van der Waals surface area contributed by atoms with Gasteiger partial charge in [-0.3, -0.25) is 14.7 Å². The molecule has 3 heterocycles. The fourth-order valence-electron chi connectivity index (χ4n) is 3.35. The maximum Gasteiger partial charge on any atom is 0.181 e. The monoisotopic (exact) mass is 259 g/mol. The van der Waals surface area contributed by atoms with E-state index in [1.165, 1.54) is 0 Å². The lowest BCUT2D eigenvalue weighted by Crippen LogP contribution is -2.47. The summed E-state index contributed by atoms with van der Waals surface area (Å²) >= 11 is 0. The van der Waals surface area contributed by atoms with E-state index in [2.05, 4.69) is 15.2 Å². The molecule has 2 aliphatic heterocycles. The number of hydrogen-bond acceptors (Lipinski definition) is 4. The Balaban J connectivity index is 1.74. The van der Waals surface area contributed by atoms with E-state index in [1.807, 2.05) is 12.1 Å². The number of nitrogens with one attached hydrogen (secondary N) is 1. The number of piperidine rings is 1. The van der Waals surface area contributed by atoms with E-state index in [4.69, 9.17) is 0 Å². The fraction of sp³-hybridized carbons (Fsp3) is 0.600. The number of nitrogens with zero attached hydrogens (tertiary/aromatic N) is 2. The van der Waals surface area contributed by atoms with E-state index >= 15 is 0 Å². The third-order valence-corrected chi connectivity index (χ3v) is 4.32. The van der Waals surface area contributed by atoms with Gasteiger partial charge < -0.3 is 5.32 Å². The van der Waals surface area contributed by atoms with Crippen LogP contribution in [0.2, 0.25) is 0 Å². The molecule has 2 aliphatic rings. The number of carbonyl (C=O) groups is 1. The molecule has 2 fully saturated rings. The average Bonchev–Trinajstić information content (AvgIpc) is 2.98. The summed E-state index contributed by atoms with van der Waals surface area (Å²) in [7, 11) is 0. The molecule has 4 heteroatoms. The second-order valence-electron chi connectivity index (χ2n) is 5.48. The van der Waals surface area contributed by atoms with Crippen LogP contribution >= 0.6 is 0 Å². The van der Waals surface area contributed by atoms with Crippen molar-refractivity contribution in [1.82, 2.24) is 15.2 Å². The number of likely N-dealkylation sites (tertiary alicyclic amines) is 1. The molecule has 102 valence electrons. The summed E-state index contributed by atoms with van der Waals surface area (Å²) in [6.07, 6.45) is 7.88. The predicted molar refractivity (Wildman–Crippen MR) is 74.2 cm³/mol. The molecule has 0 aliphatic carbocycles. The molecule has 1 unspecified atom stereocenters. The zero-order chi connectivity index (χ0) is 13.1. The standard InChI is InChI=1S/C15H21N3O/c19-15(12-3-1-7-17-11-12)14-4-2-10-18(14)13-5-8-16-9-6-13/h1,3,7,11,13-14,16H,2,4-6,8-10H2. The number of aromatic nitrogens is 1. The van der Waals surface area contributed by atoms with Gasteiger partial charge in [0.1, 0.15) is 0 Å². The Bertz CT molecular complexity index is 428. The fourth-order valence-corrected chi connectivity index (χ4v) is 3.35. The zero-order valence-electron chi connectivity index (χ0n) is 11.2. The van der Waals surface area contributed by atoms with Gasteiger partial charge in [-0.1, -0.05) is 0 Å². The van der Waals surface area contributed by atoms with E-state index in [-0.39, 0.29) is 11.8 Å². The van der Waals surface area contributed by atoms with Crippen molar-refractivity contribution in [3.05, 3.63) is 30.1 Å². The molecule has 1 aromatic heterocycles. The minimum Gasteiger partial charge on any atom is -0.317 e. The van der Waals surface area contributed by atoms with E-state index in [1.54, 1.807) is 12.4 Å². The maximum absolute atomic E-state index is 12.6. The lowest BCUT2D eigenvalue weighted by molar-refractivity contribution is 0.0783. The summed E-state index contributed by atoms with van der Waals surface area (Å²) in [5, 5.41) is 3.39. The molecule has 0 spiro atoms. The van der Waals surface area contributed by atoms with Crippen LogP contribution in [0.3, 0.4) is 0 Å². The van der Waals surface area contributed by atoms with Crippen LogP contribution in [0.25, 0.3) is 0 Å². The summed E-state index contributed by atoms with van der Waals surface area (Å²) in [5.74, 6) is 0.254. The summed E-state index contributed by atoms with van der Waals surface area (Å²) in [6, 6.07) is 4.38. The highest BCUT2D eigenvalue weighted by Crippen LogP contribution is 2.26. The van der Waals surface area contributed by atoms with Gasteiger partial charge in [0.15, 0.2) is 5.78 Å². The van der Waals surface area contributed by atoms with Crippen molar-refractivity contribution >= 4 is 5.78 Å². The van der Waals surface area contributed by atoms with E-state index < -0.39 is 0 Å². The Kier molecular flexibility index (Phi) is 3.89. The molecule has 0 aromatic carbocycles. The number of ketones is 1. The molecule has 0 radical (unpaired) electrons. The molecule has 0 amide bonds. The maximum atomic E-state index is 12.6. The van der Waals surface area contributed by atoms with Crippen molar-refractivity contribution in [1.29, 1.82) is 0 Å². The average molecular weight is 259 g/mol. The van der Waals surface area contributed by atoms with Crippen molar-refractivity contribution in [2.45, 2.75) is 37.8 Å². The molecule has 4 nitrogen and oxygen atoms in total. The highest BCUT2D eigenvalue weighted by molar-refractivity contribution is 6.00. The summed E-state index contributed by atoms with van der Waals surface area (Å²) in [5.41, 5.74) is 0.758. The van der Waals surface area contributed by atoms with Crippen molar-refractivity contribution in [3.63, 3.8) is 0 Å². The van der Waals surface area contributed by atoms with Crippen LogP contribution in [0, 0.1) is 0 Å². The summed E-state index contributed by atoms with van der Waals surface area (Å²) in [4.78, 5) is 19.1.